The molecule has 0 unspecified atom stereocenters. The van der Waals surface area contributed by atoms with E-state index in [1.807, 2.05) is 0 Å². The molecule has 0 aromatic heterocycles. The second-order valence-corrected chi connectivity index (χ2v) is 3.29. The molecule has 0 saturated carbocycles. The molecule has 2 atom stereocenters. The number of aliphatic carboxylic acids is 3. The van der Waals surface area contributed by atoms with Gasteiger partial charge in [-0.15, -0.1) is 0 Å². The van der Waals surface area contributed by atoms with E-state index in [0.717, 1.165) is 0 Å². The van der Waals surface area contributed by atoms with Crippen LogP contribution >= 0.6 is 0 Å². The zero-order valence-electron chi connectivity index (χ0n) is 8.83. The van der Waals surface area contributed by atoms with Gasteiger partial charge in [-0.1, -0.05) is 0 Å². The van der Waals surface area contributed by atoms with Gasteiger partial charge in [0.2, 0.25) is 0 Å². The summed E-state index contributed by atoms with van der Waals surface area (Å²) >= 11 is 0. The van der Waals surface area contributed by atoms with Crippen LogP contribution in [0.25, 0.3) is 0 Å². The molecule has 0 aliphatic heterocycles. The normalized spacial score (nSPS) is 13.6. The van der Waals surface area contributed by atoms with E-state index in [-0.39, 0.29) is 12.8 Å². The Kier molecular flexibility index (Phi) is 6.49. The minimum absolute atomic E-state index is 0.0522. The van der Waals surface area contributed by atoms with Crippen molar-refractivity contribution in [1.29, 1.82) is 0 Å². The maximum atomic E-state index is 10.7. The van der Waals surface area contributed by atoms with Crippen LogP contribution in [0.2, 0.25) is 0 Å². The van der Waals surface area contributed by atoms with Crippen LogP contribution in [-0.4, -0.2) is 51.6 Å². The molecule has 0 aliphatic rings. The van der Waals surface area contributed by atoms with Crippen molar-refractivity contribution in [1.82, 2.24) is 5.32 Å². The van der Waals surface area contributed by atoms with Crippen LogP contribution < -0.4 is 5.32 Å². The molecule has 0 rings (SSSR count). The molecule has 8 heteroatoms. The van der Waals surface area contributed by atoms with Crippen molar-refractivity contribution >= 4 is 24.2 Å². The van der Waals surface area contributed by atoms with Crippen molar-refractivity contribution in [2.45, 2.75) is 31.3 Å². The molecule has 96 valence electrons. The number of carboxylic acids is 3. The topological polar surface area (TPSA) is 141 Å². The number of nitrogens with one attached hydrogen (secondary N) is 1. The van der Waals surface area contributed by atoms with Gasteiger partial charge in [0.15, 0.2) is 0 Å². The highest BCUT2D eigenvalue weighted by Gasteiger charge is 2.27. The number of rotatable bonds is 9. The Balaban J connectivity index is 4.55. The molecule has 0 aromatic carbocycles. The summed E-state index contributed by atoms with van der Waals surface area (Å²) in [6.45, 7) is 0. The van der Waals surface area contributed by atoms with Gasteiger partial charge in [-0.25, -0.2) is 0 Å². The lowest BCUT2D eigenvalue weighted by atomic mass is 10.1. The number of hydrogen-bond acceptors (Lipinski definition) is 5. The number of hydrogen-bond donors (Lipinski definition) is 4. The first-order chi connectivity index (χ1) is 7.88. The summed E-state index contributed by atoms with van der Waals surface area (Å²) in [6, 6.07) is -2.76. The van der Waals surface area contributed by atoms with Gasteiger partial charge in [-0.05, 0) is 6.42 Å². The van der Waals surface area contributed by atoms with Crippen LogP contribution in [0.1, 0.15) is 19.3 Å². The Hall–Kier alpha value is -1.96. The van der Waals surface area contributed by atoms with Gasteiger partial charge in [-0.2, -0.15) is 0 Å². The average molecular weight is 247 g/mol. The number of carboxylic acid groups (broad SMARTS) is 3. The highest BCUT2D eigenvalue weighted by atomic mass is 16.4. The van der Waals surface area contributed by atoms with Crippen LogP contribution in [0.4, 0.5) is 0 Å². The smallest absolute Gasteiger partial charge is 0.321 e. The van der Waals surface area contributed by atoms with Crippen LogP contribution in [0.5, 0.6) is 0 Å². The Bertz CT molecular complexity index is 314. The second-order valence-electron chi connectivity index (χ2n) is 3.29. The third-order valence-corrected chi connectivity index (χ3v) is 1.95. The van der Waals surface area contributed by atoms with Crippen molar-refractivity contribution in [2.75, 3.05) is 0 Å². The van der Waals surface area contributed by atoms with Gasteiger partial charge in [0.25, 0.3) is 0 Å². The summed E-state index contributed by atoms with van der Waals surface area (Å²) in [5.74, 6) is -4.14. The average Bonchev–Trinajstić information content (AvgIpc) is 2.21. The van der Waals surface area contributed by atoms with Crippen LogP contribution in [0.3, 0.4) is 0 Å². The molecular formula is C9H13NO7. The van der Waals surface area contributed by atoms with E-state index in [9.17, 15) is 19.2 Å². The zero-order valence-corrected chi connectivity index (χ0v) is 8.83. The lowest BCUT2D eigenvalue weighted by molar-refractivity contribution is -0.147. The van der Waals surface area contributed by atoms with E-state index in [0.29, 0.717) is 6.29 Å². The van der Waals surface area contributed by atoms with E-state index in [2.05, 4.69) is 5.32 Å². The fourth-order valence-electron chi connectivity index (χ4n) is 1.15. The van der Waals surface area contributed by atoms with Gasteiger partial charge < -0.3 is 20.1 Å². The molecule has 0 fully saturated rings. The zero-order chi connectivity index (χ0) is 13.4. The van der Waals surface area contributed by atoms with Gasteiger partial charge >= 0.3 is 17.9 Å². The van der Waals surface area contributed by atoms with Crippen LogP contribution in [0.15, 0.2) is 0 Å². The fourth-order valence-corrected chi connectivity index (χ4v) is 1.15. The highest BCUT2D eigenvalue weighted by molar-refractivity contribution is 5.82. The summed E-state index contributed by atoms with van der Waals surface area (Å²) in [7, 11) is 0. The van der Waals surface area contributed by atoms with E-state index >= 15 is 0 Å². The first kappa shape index (κ1) is 15.0. The molecule has 0 aliphatic carbocycles. The molecule has 0 aromatic rings. The lowest BCUT2D eigenvalue weighted by Crippen LogP contribution is -2.48. The minimum atomic E-state index is -1.50. The molecule has 0 amide bonds. The Morgan fingerprint density at radius 1 is 1.06 bits per heavy atom. The van der Waals surface area contributed by atoms with Crippen molar-refractivity contribution in [3.63, 3.8) is 0 Å². The molecular weight excluding hydrogens is 234 g/mol. The first-order valence-electron chi connectivity index (χ1n) is 4.75. The van der Waals surface area contributed by atoms with Crippen molar-refractivity contribution in [3.8, 4) is 0 Å². The van der Waals surface area contributed by atoms with Crippen LogP contribution in [-0.2, 0) is 19.2 Å². The van der Waals surface area contributed by atoms with Crippen LogP contribution in [0, 0.1) is 0 Å². The predicted molar refractivity (Wildman–Crippen MR) is 53.5 cm³/mol. The standard InChI is InChI=1S/C9H13NO7/c11-3-1-2-5(8(14)15)10-6(9(16)17)4-7(12)13/h3,5-6,10H,1-2,4H2,(H,12,13)(H,14,15)(H,16,17)/t5-,6-/m0/s1. The summed E-state index contributed by atoms with van der Waals surface area (Å²) in [6.07, 6.45) is -0.379. The molecule has 0 radical (unpaired) electrons. The number of carbonyl (C=O) groups is 4. The molecule has 17 heavy (non-hydrogen) atoms. The Morgan fingerprint density at radius 2 is 1.59 bits per heavy atom. The molecule has 0 heterocycles. The maximum absolute atomic E-state index is 10.7. The van der Waals surface area contributed by atoms with E-state index < -0.39 is 36.4 Å². The monoisotopic (exact) mass is 247 g/mol. The molecule has 0 saturated heterocycles. The van der Waals surface area contributed by atoms with Gasteiger partial charge in [-0.3, -0.25) is 19.7 Å². The predicted octanol–water partition coefficient (Wildman–Crippen LogP) is -1.06. The van der Waals surface area contributed by atoms with E-state index in [1.165, 1.54) is 0 Å². The third kappa shape index (κ3) is 6.25. The molecule has 0 spiro atoms. The van der Waals surface area contributed by atoms with E-state index in [1.54, 1.807) is 0 Å². The fraction of sp³-hybridized carbons (Fsp3) is 0.556. The van der Waals surface area contributed by atoms with Gasteiger partial charge in [0.05, 0.1) is 6.42 Å². The third-order valence-electron chi connectivity index (χ3n) is 1.95. The van der Waals surface area contributed by atoms with Gasteiger partial charge in [0.1, 0.15) is 18.4 Å². The van der Waals surface area contributed by atoms with Crippen molar-refractivity contribution < 1.29 is 34.5 Å². The second kappa shape index (κ2) is 7.34. The molecule has 4 N–H and O–H groups in total. The summed E-state index contributed by atoms with van der Waals surface area (Å²) in [4.78, 5) is 41.9. The van der Waals surface area contributed by atoms with E-state index in [4.69, 9.17) is 15.3 Å². The highest BCUT2D eigenvalue weighted by Crippen LogP contribution is 2.01. The summed E-state index contributed by atoms with van der Waals surface area (Å²) in [5, 5.41) is 28.1. The summed E-state index contributed by atoms with van der Waals surface area (Å²) in [5.41, 5.74) is 0. The minimum Gasteiger partial charge on any atom is -0.481 e. The maximum Gasteiger partial charge on any atom is 0.321 e. The molecule has 0 bridgehead atoms. The Labute approximate surface area is 96.2 Å². The number of aldehydes is 1. The quantitative estimate of drug-likeness (QED) is 0.377. The largest absolute Gasteiger partial charge is 0.481 e. The number of carbonyl (C=O) groups excluding carboxylic acids is 1. The SMILES string of the molecule is O=CCC[C@H](N[C@@H](CC(=O)O)C(=O)O)C(=O)O. The van der Waals surface area contributed by atoms with Crippen molar-refractivity contribution in [2.24, 2.45) is 0 Å². The Morgan fingerprint density at radius 3 is 1.94 bits per heavy atom. The van der Waals surface area contributed by atoms with Gasteiger partial charge in [0, 0.05) is 6.42 Å². The summed E-state index contributed by atoms with van der Waals surface area (Å²) < 4.78 is 0. The lowest BCUT2D eigenvalue weighted by Gasteiger charge is -2.18. The van der Waals surface area contributed by atoms with Crippen molar-refractivity contribution in [3.05, 3.63) is 0 Å². The molecule has 8 nitrogen and oxygen atoms in total. The first-order valence-corrected chi connectivity index (χ1v) is 4.75.